The van der Waals surface area contributed by atoms with Gasteiger partial charge in [-0.25, -0.2) is 0 Å². The Labute approximate surface area is 236 Å². The molecule has 0 saturated heterocycles. The Balaban J connectivity index is 2.08. The van der Waals surface area contributed by atoms with Crippen LogP contribution >= 0.6 is 0 Å². The molecule has 0 spiro atoms. The summed E-state index contributed by atoms with van der Waals surface area (Å²) >= 11 is 0. The number of allylic oxidation sites excluding steroid dienone is 4. The average Bonchev–Trinajstić information content (AvgIpc) is 2.98. The second-order valence-electron chi connectivity index (χ2n) is 14.0. The molecule has 1 atom stereocenters. The Kier molecular flexibility index (Phi) is 7.63. The largest absolute Gasteiger partial charge is 0.117 e. The number of rotatable bonds is 6. The van der Waals surface area contributed by atoms with Crippen molar-refractivity contribution in [3.8, 4) is 0 Å². The minimum Gasteiger partial charge on any atom is -0.0656 e. The summed E-state index contributed by atoms with van der Waals surface area (Å²) in [5.74, 6) is 0. The van der Waals surface area contributed by atoms with Crippen LogP contribution in [0.15, 0.2) is 83.4 Å². The molecule has 0 fully saturated rings. The first-order valence-corrected chi connectivity index (χ1v) is 23.0. The van der Waals surface area contributed by atoms with E-state index in [-0.39, 0.29) is 5.04 Å². The fourth-order valence-electron chi connectivity index (χ4n) is 6.66. The van der Waals surface area contributed by atoms with Crippen LogP contribution in [0.25, 0.3) is 5.57 Å². The minimum atomic E-state index is -1.78. The molecule has 0 nitrogen and oxygen atoms in total. The third-order valence-electron chi connectivity index (χ3n) is 9.06. The van der Waals surface area contributed by atoms with Crippen LogP contribution < -0.4 is 20.7 Å². The molecule has 0 amide bonds. The fraction of sp³-hybridized carbons (Fsp3) is 0.371. The highest BCUT2D eigenvalue weighted by Gasteiger charge is 2.48. The van der Waals surface area contributed by atoms with Crippen LogP contribution in [-0.4, -0.2) is 24.9 Å². The molecule has 0 aliphatic heterocycles. The number of hydrogen-bond acceptors (Lipinski definition) is 0. The maximum Gasteiger partial charge on any atom is 0.117 e. The van der Waals surface area contributed by atoms with Gasteiger partial charge in [-0.2, -0.15) is 0 Å². The number of benzene rings is 3. The Morgan fingerprint density at radius 3 is 1.45 bits per heavy atom. The van der Waals surface area contributed by atoms with Gasteiger partial charge in [-0.05, 0) is 56.9 Å². The van der Waals surface area contributed by atoms with Crippen LogP contribution in [0.1, 0.15) is 44.4 Å². The summed E-state index contributed by atoms with van der Waals surface area (Å²) in [5.41, 5.74) is 10.2. The maximum absolute atomic E-state index is 2.62. The average molecular weight is 553 g/mol. The Hall–Kier alpha value is -2.21. The molecule has 1 aliphatic rings. The lowest BCUT2D eigenvalue weighted by Gasteiger charge is -2.40. The summed E-state index contributed by atoms with van der Waals surface area (Å²) in [7, 11) is -4.68. The van der Waals surface area contributed by atoms with Crippen molar-refractivity contribution in [2.75, 3.05) is 0 Å². The second kappa shape index (κ2) is 10.1. The number of aryl methyl sites for hydroxylation is 2. The molecule has 1 unspecified atom stereocenters. The first-order valence-electron chi connectivity index (χ1n) is 14.2. The van der Waals surface area contributed by atoms with Crippen LogP contribution in [0.5, 0.6) is 0 Å². The van der Waals surface area contributed by atoms with Gasteiger partial charge in [-0.15, -0.1) is 0 Å². The summed E-state index contributed by atoms with van der Waals surface area (Å²) in [6, 6.07) is 26.8. The summed E-state index contributed by atoms with van der Waals surface area (Å²) in [4.78, 5) is 0. The maximum atomic E-state index is 2.62. The molecule has 0 aromatic heterocycles. The van der Waals surface area contributed by atoms with E-state index >= 15 is 0 Å². The Morgan fingerprint density at radius 1 is 0.579 bits per heavy atom. The van der Waals surface area contributed by atoms with E-state index in [1.165, 1.54) is 27.8 Å². The Morgan fingerprint density at radius 2 is 1.03 bits per heavy atom. The molecule has 38 heavy (non-hydrogen) atoms. The van der Waals surface area contributed by atoms with Gasteiger partial charge >= 0.3 is 0 Å². The van der Waals surface area contributed by atoms with E-state index < -0.39 is 24.9 Å². The van der Waals surface area contributed by atoms with E-state index in [0.29, 0.717) is 0 Å². The lowest BCUT2D eigenvalue weighted by Crippen LogP contribution is -2.54. The molecule has 1 aliphatic carbocycles. The summed E-state index contributed by atoms with van der Waals surface area (Å²) in [5, 5.41) is 6.31. The van der Waals surface area contributed by atoms with Gasteiger partial charge in [-0.3, -0.25) is 0 Å². The third kappa shape index (κ3) is 5.17. The van der Waals surface area contributed by atoms with Crippen LogP contribution in [-0.2, 0) is 0 Å². The van der Waals surface area contributed by atoms with Gasteiger partial charge in [0.05, 0.1) is 16.1 Å². The molecular weight excluding hydrogens is 505 g/mol. The second-order valence-corrected chi connectivity index (χ2v) is 27.5. The summed E-state index contributed by atoms with van der Waals surface area (Å²) in [6.07, 6.45) is 0. The van der Waals surface area contributed by atoms with Gasteiger partial charge in [0.15, 0.2) is 0 Å². The van der Waals surface area contributed by atoms with Crippen molar-refractivity contribution in [2.45, 2.75) is 85.9 Å². The molecule has 3 heteroatoms. The molecule has 0 heterocycles. The Bertz CT molecular complexity index is 1360. The minimum absolute atomic E-state index is 0.00940. The van der Waals surface area contributed by atoms with Gasteiger partial charge in [0, 0.05) is 5.04 Å². The summed E-state index contributed by atoms with van der Waals surface area (Å²) < 4.78 is 0. The smallest absolute Gasteiger partial charge is 0.0656 e. The van der Waals surface area contributed by atoms with Crippen LogP contribution in [0, 0.1) is 13.8 Å². The quantitative estimate of drug-likeness (QED) is 0.281. The van der Waals surface area contributed by atoms with E-state index in [4.69, 9.17) is 0 Å². The van der Waals surface area contributed by atoms with E-state index in [1.807, 2.05) is 0 Å². The van der Waals surface area contributed by atoms with Crippen molar-refractivity contribution in [1.29, 1.82) is 0 Å². The molecule has 3 aromatic rings. The lowest BCUT2D eigenvalue weighted by molar-refractivity contribution is 0.901. The normalized spacial score (nSPS) is 18.7. The molecule has 4 rings (SSSR count). The van der Waals surface area contributed by atoms with Gasteiger partial charge in [0.1, 0.15) is 8.80 Å². The number of hydrogen-bond donors (Lipinski definition) is 0. The molecule has 200 valence electrons. The molecule has 0 N–H and O–H groups in total. The SMILES string of the molecule is CC1=C(C)C(C)([SiH](c2cccc([Si](C)(C)C)c2)c2cccc([Si](C)(C)C)c2)C(c2cc(C)cc(C)c2)=C1C. The van der Waals surface area contributed by atoms with Crippen LogP contribution in [0.3, 0.4) is 0 Å². The highest BCUT2D eigenvalue weighted by molar-refractivity contribution is 6.93. The monoisotopic (exact) mass is 552 g/mol. The van der Waals surface area contributed by atoms with Gasteiger partial charge < -0.3 is 0 Å². The van der Waals surface area contributed by atoms with E-state index in [1.54, 1.807) is 31.9 Å². The summed E-state index contributed by atoms with van der Waals surface area (Å²) in [6.45, 7) is 29.1. The van der Waals surface area contributed by atoms with E-state index in [0.717, 1.165) is 0 Å². The van der Waals surface area contributed by atoms with Gasteiger partial charge in [0.2, 0.25) is 0 Å². The van der Waals surface area contributed by atoms with Crippen LogP contribution in [0.2, 0.25) is 44.3 Å². The zero-order chi connectivity index (χ0) is 28.2. The van der Waals surface area contributed by atoms with Crippen molar-refractivity contribution in [2.24, 2.45) is 0 Å². The van der Waals surface area contributed by atoms with Gasteiger partial charge in [-0.1, -0.05) is 150 Å². The molecule has 3 aromatic carbocycles. The third-order valence-corrected chi connectivity index (χ3v) is 17.1. The molecule has 0 bridgehead atoms. The van der Waals surface area contributed by atoms with Crippen molar-refractivity contribution >= 4 is 51.3 Å². The van der Waals surface area contributed by atoms with Crippen molar-refractivity contribution in [1.82, 2.24) is 0 Å². The van der Waals surface area contributed by atoms with Crippen LogP contribution in [0.4, 0.5) is 0 Å². The van der Waals surface area contributed by atoms with Crippen molar-refractivity contribution < 1.29 is 0 Å². The predicted octanol–water partition coefficient (Wildman–Crippen LogP) is 7.32. The molecule has 0 saturated carbocycles. The highest BCUT2D eigenvalue weighted by atomic mass is 28.3. The first kappa shape index (κ1) is 28.8. The highest BCUT2D eigenvalue weighted by Crippen LogP contribution is 2.58. The van der Waals surface area contributed by atoms with Gasteiger partial charge in [0.25, 0.3) is 0 Å². The predicted molar refractivity (Wildman–Crippen MR) is 181 cm³/mol. The zero-order valence-corrected chi connectivity index (χ0v) is 29.1. The molecular formula is C35H48Si3. The zero-order valence-electron chi connectivity index (χ0n) is 25.9. The van der Waals surface area contributed by atoms with E-state index in [9.17, 15) is 0 Å². The van der Waals surface area contributed by atoms with Crippen molar-refractivity contribution in [3.05, 3.63) is 100 Å². The standard InChI is InChI=1S/C35H48Si3/c1-24-19-25(2)21-29(20-24)34-27(4)26(3)28(5)35(34,6)36(30-15-13-17-32(22-30)37(7,8)9)31-16-14-18-33(23-31)38(10,11)12/h13-23,36H,1-12H3. The topological polar surface area (TPSA) is 0 Å². The fourth-order valence-corrected chi connectivity index (χ4v) is 13.7. The lowest BCUT2D eigenvalue weighted by atomic mass is 9.89. The molecule has 0 radical (unpaired) electrons. The van der Waals surface area contributed by atoms with E-state index in [2.05, 4.69) is 148 Å². The van der Waals surface area contributed by atoms with Crippen molar-refractivity contribution in [3.63, 3.8) is 0 Å². The first-order chi connectivity index (χ1) is 17.5.